The molecule has 1 unspecified atom stereocenters. The summed E-state index contributed by atoms with van der Waals surface area (Å²) < 4.78 is 26.1. The molecule has 7 heteroatoms. The summed E-state index contributed by atoms with van der Waals surface area (Å²) in [6.07, 6.45) is 2.20. The lowest BCUT2D eigenvalue weighted by Crippen LogP contribution is -2.38. The SMILES string of the molecule is CN(C)S(=O)(=O)c1ccccc1CNC(=O)NC(c1ccccc1)C1CC1. The maximum absolute atomic E-state index is 12.5. The van der Waals surface area contributed by atoms with Gasteiger partial charge in [0.05, 0.1) is 10.9 Å². The predicted octanol–water partition coefficient (Wildman–Crippen LogP) is 2.89. The van der Waals surface area contributed by atoms with Crippen LogP contribution >= 0.6 is 0 Å². The molecule has 0 bridgehead atoms. The van der Waals surface area contributed by atoms with Gasteiger partial charge < -0.3 is 10.6 Å². The molecule has 2 aromatic rings. The molecule has 3 rings (SSSR count). The summed E-state index contributed by atoms with van der Waals surface area (Å²) >= 11 is 0. The van der Waals surface area contributed by atoms with E-state index in [4.69, 9.17) is 0 Å². The first kappa shape index (κ1) is 19.4. The van der Waals surface area contributed by atoms with Gasteiger partial charge in [0.15, 0.2) is 0 Å². The van der Waals surface area contributed by atoms with E-state index in [1.165, 1.54) is 18.4 Å². The Morgan fingerprint density at radius 3 is 2.33 bits per heavy atom. The van der Waals surface area contributed by atoms with Crippen LogP contribution in [0.25, 0.3) is 0 Å². The van der Waals surface area contributed by atoms with Crippen LogP contribution in [0.3, 0.4) is 0 Å². The normalized spacial score (nSPS) is 15.4. The summed E-state index contributed by atoms with van der Waals surface area (Å²) in [6.45, 7) is 0.140. The van der Waals surface area contributed by atoms with E-state index in [0.29, 0.717) is 11.5 Å². The molecule has 0 radical (unpaired) electrons. The number of nitrogens with one attached hydrogen (secondary N) is 2. The van der Waals surface area contributed by atoms with Crippen LogP contribution in [0, 0.1) is 5.92 Å². The zero-order valence-corrected chi connectivity index (χ0v) is 16.4. The molecule has 1 aliphatic carbocycles. The van der Waals surface area contributed by atoms with Crippen LogP contribution in [-0.4, -0.2) is 32.8 Å². The summed E-state index contributed by atoms with van der Waals surface area (Å²) in [7, 11) is -0.578. The number of hydrogen-bond donors (Lipinski definition) is 2. The molecule has 1 aliphatic rings. The van der Waals surface area contributed by atoms with Gasteiger partial charge in [0.25, 0.3) is 0 Å². The van der Waals surface area contributed by atoms with Gasteiger partial charge >= 0.3 is 6.03 Å². The van der Waals surface area contributed by atoms with Gasteiger partial charge in [-0.15, -0.1) is 0 Å². The monoisotopic (exact) mass is 387 g/mol. The molecule has 2 aromatic carbocycles. The maximum Gasteiger partial charge on any atom is 0.315 e. The molecule has 0 heterocycles. The second kappa shape index (κ2) is 8.10. The van der Waals surface area contributed by atoms with Gasteiger partial charge in [-0.25, -0.2) is 17.5 Å². The van der Waals surface area contributed by atoms with Gasteiger partial charge in [-0.05, 0) is 36.0 Å². The van der Waals surface area contributed by atoms with Crippen molar-refractivity contribution in [3.05, 3.63) is 65.7 Å². The van der Waals surface area contributed by atoms with Crippen molar-refractivity contribution in [1.82, 2.24) is 14.9 Å². The molecule has 144 valence electrons. The van der Waals surface area contributed by atoms with Gasteiger partial charge in [-0.2, -0.15) is 0 Å². The molecule has 6 nitrogen and oxygen atoms in total. The summed E-state index contributed by atoms with van der Waals surface area (Å²) in [5, 5.41) is 5.84. The van der Waals surface area contributed by atoms with Crippen molar-refractivity contribution in [1.29, 1.82) is 0 Å². The number of urea groups is 1. The van der Waals surface area contributed by atoms with Crippen molar-refractivity contribution in [3.63, 3.8) is 0 Å². The van der Waals surface area contributed by atoms with Crippen LogP contribution in [0.4, 0.5) is 4.79 Å². The average Bonchev–Trinajstić information content (AvgIpc) is 3.50. The highest BCUT2D eigenvalue weighted by Gasteiger charge is 2.33. The lowest BCUT2D eigenvalue weighted by Gasteiger charge is -2.20. The lowest BCUT2D eigenvalue weighted by molar-refractivity contribution is 0.235. The zero-order chi connectivity index (χ0) is 19.4. The maximum atomic E-state index is 12.5. The molecule has 0 saturated heterocycles. The highest BCUT2D eigenvalue weighted by molar-refractivity contribution is 7.89. The summed E-state index contributed by atoms with van der Waals surface area (Å²) in [5.74, 6) is 0.458. The van der Waals surface area contributed by atoms with Crippen molar-refractivity contribution in [2.24, 2.45) is 5.92 Å². The van der Waals surface area contributed by atoms with Gasteiger partial charge in [-0.3, -0.25) is 0 Å². The van der Waals surface area contributed by atoms with Crippen LogP contribution < -0.4 is 10.6 Å². The predicted molar refractivity (Wildman–Crippen MR) is 105 cm³/mol. The first-order valence-electron chi connectivity index (χ1n) is 8.99. The number of amides is 2. The van der Waals surface area contributed by atoms with Gasteiger partial charge in [-0.1, -0.05) is 48.5 Å². The summed E-state index contributed by atoms with van der Waals surface area (Å²) in [4.78, 5) is 12.7. The van der Waals surface area contributed by atoms with Crippen LogP contribution in [0.2, 0.25) is 0 Å². The first-order valence-corrected chi connectivity index (χ1v) is 10.4. The van der Waals surface area contributed by atoms with E-state index >= 15 is 0 Å². The van der Waals surface area contributed by atoms with E-state index in [9.17, 15) is 13.2 Å². The van der Waals surface area contributed by atoms with Crippen LogP contribution in [0.1, 0.15) is 30.0 Å². The molecule has 2 N–H and O–H groups in total. The van der Waals surface area contributed by atoms with E-state index in [2.05, 4.69) is 10.6 Å². The third kappa shape index (κ3) is 4.67. The third-order valence-electron chi connectivity index (χ3n) is 4.71. The second-order valence-corrected chi connectivity index (χ2v) is 9.07. The molecule has 0 aromatic heterocycles. The largest absolute Gasteiger partial charge is 0.334 e. The molecule has 1 fully saturated rings. The Hall–Kier alpha value is -2.38. The molecule has 1 atom stereocenters. The van der Waals surface area contributed by atoms with Crippen LogP contribution in [0.5, 0.6) is 0 Å². The molecular formula is C20H25N3O3S. The Bertz CT molecular complexity index is 894. The van der Waals surface area contributed by atoms with E-state index in [-0.39, 0.29) is 23.5 Å². The minimum absolute atomic E-state index is 0.0213. The van der Waals surface area contributed by atoms with Crippen LogP contribution in [-0.2, 0) is 16.6 Å². The van der Waals surface area contributed by atoms with Crippen molar-refractivity contribution in [2.45, 2.75) is 30.3 Å². The minimum Gasteiger partial charge on any atom is -0.334 e. The fraction of sp³-hybridized carbons (Fsp3) is 0.350. The highest BCUT2D eigenvalue weighted by Crippen LogP contribution is 2.40. The Kier molecular flexibility index (Phi) is 5.82. The zero-order valence-electron chi connectivity index (χ0n) is 15.6. The number of hydrogen-bond acceptors (Lipinski definition) is 3. The third-order valence-corrected chi connectivity index (χ3v) is 6.62. The van der Waals surface area contributed by atoms with Crippen molar-refractivity contribution < 1.29 is 13.2 Å². The number of sulfonamides is 1. The lowest BCUT2D eigenvalue weighted by atomic mass is 10.0. The Labute approximate surface area is 160 Å². The number of carbonyl (C=O) groups excluding carboxylic acids is 1. The summed E-state index contributed by atoms with van der Waals surface area (Å²) in [6, 6.07) is 16.3. The molecular weight excluding hydrogens is 362 g/mol. The Morgan fingerprint density at radius 1 is 1.07 bits per heavy atom. The average molecular weight is 388 g/mol. The van der Waals surface area contributed by atoms with Gasteiger partial charge in [0.2, 0.25) is 10.0 Å². The second-order valence-electron chi connectivity index (χ2n) is 6.95. The highest BCUT2D eigenvalue weighted by atomic mass is 32.2. The topological polar surface area (TPSA) is 78.5 Å². The Balaban J connectivity index is 1.68. The van der Waals surface area contributed by atoms with Crippen LogP contribution in [0.15, 0.2) is 59.5 Å². The number of carbonyl (C=O) groups is 1. The Morgan fingerprint density at radius 2 is 1.70 bits per heavy atom. The number of rotatable bonds is 7. The van der Waals surface area contributed by atoms with E-state index in [1.807, 2.05) is 30.3 Å². The quantitative estimate of drug-likeness (QED) is 0.767. The molecule has 0 aliphatic heterocycles. The molecule has 2 amide bonds. The summed E-state index contributed by atoms with van der Waals surface area (Å²) in [5.41, 5.74) is 1.65. The van der Waals surface area contributed by atoms with E-state index in [1.54, 1.807) is 24.3 Å². The smallest absolute Gasteiger partial charge is 0.315 e. The van der Waals surface area contributed by atoms with Crippen molar-refractivity contribution in [2.75, 3.05) is 14.1 Å². The van der Waals surface area contributed by atoms with Crippen molar-refractivity contribution in [3.8, 4) is 0 Å². The fourth-order valence-electron chi connectivity index (χ4n) is 3.03. The molecule has 0 spiro atoms. The van der Waals surface area contributed by atoms with Gasteiger partial charge in [0.1, 0.15) is 0 Å². The van der Waals surface area contributed by atoms with Gasteiger partial charge in [0, 0.05) is 20.6 Å². The minimum atomic E-state index is -3.56. The van der Waals surface area contributed by atoms with E-state index in [0.717, 1.165) is 18.4 Å². The standard InChI is InChI=1S/C20H25N3O3S/c1-23(2)27(25,26)18-11-7-6-10-17(18)14-21-20(24)22-19(16-12-13-16)15-8-4-3-5-9-15/h3-11,16,19H,12-14H2,1-2H3,(H2,21,22,24). The molecule has 27 heavy (non-hydrogen) atoms. The fourth-order valence-corrected chi connectivity index (χ4v) is 4.14. The number of nitrogens with zero attached hydrogens (tertiary/aromatic N) is 1. The van der Waals surface area contributed by atoms with E-state index < -0.39 is 10.0 Å². The number of benzene rings is 2. The molecule has 1 saturated carbocycles. The first-order chi connectivity index (χ1) is 12.9. The van der Waals surface area contributed by atoms with Crippen molar-refractivity contribution >= 4 is 16.1 Å².